The second-order valence-electron chi connectivity index (χ2n) is 16.3. The highest BCUT2D eigenvalue weighted by Gasteiger charge is 2.43. The number of hydrogen-bond acceptors (Lipinski definition) is 10. The van der Waals surface area contributed by atoms with E-state index >= 15 is 0 Å². The van der Waals surface area contributed by atoms with Gasteiger partial charge in [0.25, 0.3) is 20.2 Å². The van der Waals surface area contributed by atoms with Crippen LogP contribution in [0.2, 0.25) is 0 Å². The molecule has 2 heterocycles. The molecule has 1 unspecified atom stereocenters. The van der Waals surface area contributed by atoms with Crippen molar-refractivity contribution in [2.45, 2.75) is 123 Å². The van der Waals surface area contributed by atoms with Gasteiger partial charge in [-0.3, -0.25) is 13.9 Å². The van der Waals surface area contributed by atoms with Crippen LogP contribution in [0.3, 0.4) is 0 Å². The number of hydrogen-bond donors (Lipinski definition) is 4. The van der Waals surface area contributed by atoms with Gasteiger partial charge in [0.15, 0.2) is 0 Å². The van der Waals surface area contributed by atoms with Gasteiger partial charge < -0.3 is 19.2 Å². The van der Waals surface area contributed by atoms with Gasteiger partial charge in [-0.25, -0.2) is 17.7 Å². The number of carbonyl (C=O) groups is 1. The summed E-state index contributed by atoms with van der Waals surface area (Å²) in [6, 6.07) is 12.7. The summed E-state index contributed by atoms with van der Waals surface area (Å²) in [7, 11) is -10.9. The zero-order valence-corrected chi connectivity index (χ0v) is 41.8. The highest BCUT2D eigenvalue weighted by molar-refractivity contribution is 7.89. The fourth-order valence-corrected chi connectivity index (χ4v) is 9.67. The molecule has 2 aliphatic heterocycles. The monoisotopic (exact) mass is 954 g/mol. The van der Waals surface area contributed by atoms with Crippen LogP contribution in [0.1, 0.15) is 124 Å². The Kier molecular flexibility index (Phi) is 22.1. The molecule has 1 aromatic carbocycles. The number of allylic oxidation sites excluding steroid dienone is 3. The molecule has 1 atom stereocenters. The van der Waals surface area contributed by atoms with Crippen molar-refractivity contribution in [2.75, 3.05) is 56.3 Å². The Balaban J connectivity index is 0.00000342. The van der Waals surface area contributed by atoms with Gasteiger partial charge in [0.05, 0.1) is 29.1 Å². The average Bonchev–Trinajstić information content (AvgIpc) is 3.44. The topological polar surface area (TPSA) is 221 Å². The van der Waals surface area contributed by atoms with Crippen LogP contribution < -0.4 is 19.6 Å². The first-order chi connectivity index (χ1) is 30.0. The molecule has 0 amide bonds. The van der Waals surface area contributed by atoms with Gasteiger partial charge in [-0.15, -0.1) is 0 Å². The molecule has 4 N–H and O–H groups in total. The maximum Gasteiger partial charge on any atom is 0.303 e. The van der Waals surface area contributed by atoms with Gasteiger partial charge in [-0.05, 0) is 98.6 Å². The molecule has 1 aliphatic carbocycles. The maximum absolute atomic E-state index is 13.4. The van der Waals surface area contributed by atoms with Crippen LogP contribution in [0.25, 0.3) is 17.4 Å². The number of methoxy groups -OCH3 is 1. The third-order valence-corrected chi connectivity index (χ3v) is 13.7. The molecular weight excluding hydrogens is 883 g/mol. The molecule has 3 aliphatic rings. The van der Waals surface area contributed by atoms with E-state index in [0.29, 0.717) is 56.0 Å². The quantitative estimate of drug-likeness (QED) is 0.0431. The molecule has 64 heavy (non-hydrogen) atoms. The van der Waals surface area contributed by atoms with E-state index < -0.39 is 47.4 Å². The first-order valence-electron chi connectivity index (χ1n) is 22.1. The largest absolute Gasteiger partial charge is 0.481 e. The Bertz CT molecular complexity index is 2440. The number of aliphatic carboxylic acids is 1. The van der Waals surface area contributed by atoms with Crippen LogP contribution in [-0.2, 0) is 50.6 Å². The smallest absolute Gasteiger partial charge is 0.303 e. The van der Waals surface area contributed by atoms with Crippen LogP contribution in [0, 0.1) is 0 Å². The number of nitrogens with one attached hydrogen (secondary N) is 1. The number of sulfonamides is 1. The third kappa shape index (κ3) is 16.5. The molecule has 0 spiro atoms. The molecule has 0 aromatic heterocycles. The molecule has 0 saturated heterocycles. The Morgan fingerprint density at radius 1 is 0.906 bits per heavy atom. The standard InChI is InChI=1S/C42H59N3O12S3.2C2H6/c1-7-44(23-13-27-59(51,52)53)31-17-19-34-35(41(2,3)4)29-32(57-38(34)28-31)14-11-15-39-42(5,21-12-26-58(48,49)50)36-30-33(60(54,55)43-22-25-56-6)18-20-37(36)45(39)24-10-8-9-16-40(46)47;2*1-2/h11,14-15,17-20,28-30,43H,7-10,12-13,16,21-27H2,1-6H3,(H2-,46,47,48,49,50,51,52,53);2*1-2H3/p+1. The van der Waals surface area contributed by atoms with Crippen LogP contribution in [0.4, 0.5) is 5.69 Å². The van der Waals surface area contributed by atoms with Crippen molar-refractivity contribution >= 4 is 48.0 Å². The number of carboxylic acid groups (broad SMARTS) is 1. The van der Waals surface area contributed by atoms with Gasteiger partial charge in [0, 0.05) is 61.5 Å². The summed E-state index contributed by atoms with van der Waals surface area (Å²) in [6.45, 7) is 19.9. The minimum absolute atomic E-state index is 0.0284. The molecule has 18 heteroatoms. The first-order valence-corrected chi connectivity index (χ1v) is 26.8. The summed E-state index contributed by atoms with van der Waals surface area (Å²) in [6.07, 6.45) is 7.87. The van der Waals surface area contributed by atoms with E-state index in [2.05, 4.69) is 30.4 Å². The third-order valence-electron chi connectivity index (χ3n) is 10.6. The predicted molar refractivity (Wildman–Crippen MR) is 256 cm³/mol. The Hall–Kier alpha value is -3.91. The zero-order valence-electron chi connectivity index (χ0n) is 39.3. The number of ether oxygens (including phenoxy) is 1. The van der Waals surface area contributed by atoms with E-state index in [1.807, 2.05) is 88.6 Å². The molecule has 1 aromatic rings. The fraction of sp³-hybridized carbons (Fsp3) is 0.565. The molecule has 0 saturated carbocycles. The SMILES string of the molecule is CC.CC.CC[N+](CCCS(=O)(=O)O)=c1ccc2c(C(C)(C)C)cc(/C=C/C=C3/N(CCCCCC(=O)O)c4ccc(S(=O)(=O)NCCOC)cc4C3(C)CCCS(=O)(=O)O)oc-2c1. The normalized spacial score (nSPS) is 16.6. The second-order valence-corrected chi connectivity index (χ2v) is 21.2. The van der Waals surface area contributed by atoms with Gasteiger partial charge >= 0.3 is 5.97 Å². The highest BCUT2D eigenvalue weighted by Crippen LogP contribution is 2.51. The first kappa shape index (κ1) is 56.2. The lowest BCUT2D eigenvalue weighted by Crippen LogP contribution is -2.31. The Morgan fingerprint density at radius 3 is 2.16 bits per heavy atom. The van der Waals surface area contributed by atoms with E-state index in [4.69, 9.17) is 9.15 Å². The number of nitrogens with zero attached hydrogens (tertiary/aromatic N) is 2. The van der Waals surface area contributed by atoms with Gasteiger partial charge in [-0.1, -0.05) is 61.0 Å². The van der Waals surface area contributed by atoms with E-state index in [-0.39, 0.29) is 54.9 Å². The number of carboxylic acids is 1. The van der Waals surface area contributed by atoms with Crippen LogP contribution in [0.5, 0.6) is 0 Å². The van der Waals surface area contributed by atoms with Crippen LogP contribution in [-0.4, -0.2) is 96.8 Å². The molecule has 0 radical (unpaired) electrons. The summed E-state index contributed by atoms with van der Waals surface area (Å²) in [4.78, 5) is 13.3. The molecule has 15 nitrogen and oxygen atoms in total. The minimum Gasteiger partial charge on any atom is -0.481 e. The highest BCUT2D eigenvalue weighted by atomic mass is 32.2. The number of benzene rings is 2. The fourth-order valence-electron chi connectivity index (χ4n) is 7.63. The van der Waals surface area contributed by atoms with E-state index in [1.54, 1.807) is 12.1 Å². The molecule has 4 rings (SSSR count). The lowest BCUT2D eigenvalue weighted by atomic mass is 9.77. The average molecular weight is 955 g/mol. The minimum atomic E-state index is -4.29. The lowest BCUT2D eigenvalue weighted by Gasteiger charge is -2.30. The van der Waals surface area contributed by atoms with Crippen molar-refractivity contribution in [2.24, 2.45) is 0 Å². The second kappa shape index (κ2) is 25.1. The summed E-state index contributed by atoms with van der Waals surface area (Å²) in [5.41, 5.74) is 2.87. The number of rotatable bonds is 22. The summed E-state index contributed by atoms with van der Waals surface area (Å²) in [5, 5.41) is 10.0. The van der Waals surface area contributed by atoms with E-state index in [0.717, 1.165) is 27.9 Å². The van der Waals surface area contributed by atoms with Crippen molar-refractivity contribution in [3.8, 4) is 11.3 Å². The van der Waals surface area contributed by atoms with Crippen LogP contribution in [0.15, 0.2) is 69.6 Å². The maximum atomic E-state index is 13.4. The lowest BCUT2D eigenvalue weighted by molar-refractivity contribution is -0.137. The van der Waals surface area contributed by atoms with Crippen molar-refractivity contribution < 1.29 is 53.4 Å². The number of fused-ring (bicyclic) bond motifs is 2. The van der Waals surface area contributed by atoms with Gasteiger partial charge in [0.2, 0.25) is 15.4 Å². The Morgan fingerprint density at radius 2 is 1.56 bits per heavy atom. The summed E-state index contributed by atoms with van der Waals surface area (Å²) >= 11 is 0. The van der Waals surface area contributed by atoms with Gasteiger partial charge in [-0.2, -0.15) is 16.8 Å². The predicted octanol–water partition coefficient (Wildman–Crippen LogP) is 7.72. The Labute approximate surface area is 382 Å². The van der Waals surface area contributed by atoms with E-state index in [1.165, 1.54) is 13.2 Å². The van der Waals surface area contributed by atoms with Crippen molar-refractivity contribution in [3.05, 3.63) is 82.6 Å². The molecular formula is C46H72N3O12S3+. The van der Waals surface area contributed by atoms with Crippen molar-refractivity contribution in [1.82, 2.24) is 9.30 Å². The summed E-state index contributed by atoms with van der Waals surface area (Å²) in [5.74, 6) is -0.570. The number of unbranched alkanes of at least 4 members (excludes halogenated alkanes) is 2. The summed E-state index contributed by atoms with van der Waals surface area (Å²) < 4.78 is 108. The van der Waals surface area contributed by atoms with Crippen molar-refractivity contribution in [3.63, 3.8) is 0 Å². The van der Waals surface area contributed by atoms with Gasteiger partial charge in [0.1, 0.15) is 24.6 Å². The number of anilines is 1. The zero-order chi connectivity index (χ0) is 48.5. The molecule has 0 bridgehead atoms. The van der Waals surface area contributed by atoms with Crippen molar-refractivity contribution in [1.29, 1.82) is 0 Å². The van der Waals surface area contributed by atoms with Crippen LogP contribution >= 0.6 is 0 Å². The molecule has 0 fully saturated rings. The van der Waals surface area contributed by atoms with E-state index in [9.17, 15) is 44.3 Å². The molecule has 360 valence electrons.